The second kappa shape index (κ2) is 10.7. The molecule has 0 bridgehead atoms. The van der Waals surface area contributed by atoms with Gasteiger partial charge in [0.2, 0.25) is 0 Å². The number of amides is 1. The molecule has 0 spiro atoms. The lowest BCUT2D eigenvalue weighted by molar-refractivity contribution is -0.141. The molecule has 7 nitrogen and oxygen atoms in total. The number of halogens is 1. The van der Waals surface area contributed by atoms with Gasteiger partial charge in [-0.15, -0.1) is 0 Å². The summed E-state index contributed by atoms with van der Waals surface area (Å²) in [5.41, 5.74) is 0.735. The summed E-state index contributed by atoms with van der Waals surface area (Å²) in [5, 5.41) is 0. The number of methoxy groups -OCH3 is 1. The Morgan fingerprint density at radius 2 is 1.88 bits per heavy atom. The van der Waals surface area contributed by atoms with E-state index in [4.69, 9.17) is 14.2 Å². The van der Waals surface area contributed by atoms with Gasteiger partial charge in [-0.25, -0.2) is 9.59 Å². The highest BCUT2D eigenvalue weighted by Gasteiger charge is 2.24. The first-order valence-corrected chi connectivity index (χ1v) is 8.90. The van der Waals surface area contributed by atoms with E-state index in [-0.39, 0.29) is 36.1 Å². The minimum atomic E-state index is -0.597. The van der Waals surface area contributed by atoms with Gasteiger partial charge in [0.05, 0.1) is 24.5 Å². The fourth-order valence-electron chi connectivity index (χ4n) is 2.08. The molecule has 1 amide bonds. The Kier molecular flexibility index (Phi) is 8.98. The normalized spacial score (nSPS) is 10.3. The van der Waals surface area contributed by atoms with Gasteiger partial charge in [0.25, 0.3) is 0 Å². The number of alkyl halides is 1. The Bertz CT molecular complexity index is 605. The lowest BCUT2D eigenvalue weighted by Gasteiger charge is -2.25. The zero-order chi connectivity index (χ0) is 18.8. The molecule has 0 aromatic heterocycles. The van der Waals surface area contributed by atoms with E-state index in [1.54, 1.807) is 38.1 Å². The molecule has 1 aromatic carbocycles. The number of rotatable bonds is 8. The minimum Gasteiger partial charge on any atom is -0.465 e. The predicted molar refractivity (Wildman–Crippen MR) is 95.9 cm³/mol. The number of benzene rings is 1. The van der Waals surface area contributed by atoms with Crippen LogP contribution < -0.4 is 4.90 Å². The Labute approximate surface area is 155 Å². The maximum Gasteiger partial charge on any atom is 0.414 e. The number of ether oxygens (including phenoxy) is 3. The van der Waals surface area contributed by atoms with Crippen molar-refractivity contribution < 1.29 is 28.6 Å². The SMILES string of the molecule is COC(=O)c1ccccc1N(CCCC(=O)OCBr)C(=O)OC(C)C. The van der Waals surface area contributed by atoms with E-state index in [9.17, 15) is 14.4 Å². The highest BCUT2D eigenvalue weighted by molar-refractivity contribution is 9.09. The van der Waals surface area contributed by atoms with Crippen molar-refractivity contribution in [2.24, 2.45) is 0 Å². The molecule has 0 aliphatic rings. The van der Waals surface area contributed by atoms with Crippen LogP contribution in [0.15, 0.2) is 24.3 Å². The molecule has 25 heavy (non-hydrogen) atoms. The molecule has 0 saturated heterocycles. The van der Waals surface area contributed by atoms with Crippen LogP contribution in [0.4, 0.5) is 10.5 Å². The highest BCUT2D eigenvalue weighted by atomic mass is 79.9. The van der Waals surface area contributed by atoms with E-state index in [0.29, 0.717) is 12.1 Å². The second-order valence-electron chi connectivity index (χ2n) is 5.32. The number of esters is 2. The summed E-state index contributed by atoms with van der Waals surface area (Å²) in [6.45, 7) is 3.66. The summed E-state index contributed by atoms with van der Waals surface area (Å²) in [6, 6.07) is 6.58. The minimum absolute atomic E-state index is 0.121. The van der Waals surface area contributed by atoms with E-state index in [1.807, 2.05) is 0 Å². The van der Waals surface area contributed by atoms with Crippen LogP contribution >= 0.6 is 15.9 Å². The molecule has 1 rings (SSSR count). The summed E-state index contributed by atoms with van der Waals surface area (Å²) in [5.74, 6) is -0.938. The van der Waals surface area contributed by atoms with E-state index in [2.05, 4.69) is 15.9 Å². The molecule has 0 atom stereocenters. The second-order valence-corrected chi connectivity index (χ2v) is 5.78. The van der Waals surface area contributed by atoms with Crippen LogP contribution in [0.3, 0.4) is 0 Å². The molecular formula is C17H22BrNO6. The van der Waals surface area contributed by atoms with Crippen molar-refractivity contribution in [1.82, 2.24) is 0 Å². The van der Waals surface area contributed by atoms with Gasteiger partial charge in [-0.05, 0) is 48.3 Å². The average Bonchev–Trinajstić information content (AvgIpc) is 2.57. The van der Waals surface area contributed by atoms with Crippen molar-refractivity contribution in [3.05, 3.63) is 29.8 Å². The van der Waals surface area contributed by atoms with Crippen molar-refractivity contribution in [2.75, 3.05) is 24.1 Å². The number of carbonyl (C=O) groups is 3. The molecule has 0 fully saturated rings. The van der Waals surface area contributed by atoms with Gasteiger partial charge in [0, 0.05) is 13.0 Å². The first-order chi connectivity index (χ1) is 11.9. The number of anilines is 1. The van der Waals surface area contributed by atoms with E-state index in [0.717, 1.165) is 0 Å². The van der Waals surface area contributed by atoms with Crippen LogP contribution in [0.5, 0.6) is 0 Å². The zero-order valence-electron chi connectivity index (χ0n) is 14.5. The quantitative estimate of drug-likeness (QED) is 0.367. The monoisotopic (exact) mass is 415 g/mol. The smallest absolute Gasteiger partial charge is 0.414 e. The van der Waals surface area contributed by atoms with Crippen LogP contribution in [0.2, 0.25) is 0 Å². The Morgan fingerprint density at radius 1 is 1.20 bits per heavy atom. The third kappa shape index (κ3) is 6.74. The van der Waals surface area contributed by atoms with Crippen molar-refractivity contribution in [3.8, 4) is 0 Å². The molecule has 8 heteroatoms. The standard InChI is InChI=1S/C17H22BrNO6/c1-12(2)25-17(22)19(10-6-9-15(20)24-11-18)14-8-5-4-7-13(14)16(21)23-3/h4-5,7-8,12H,6,9-11H2,1-3H3. The van der Waals surface area contributed by atoms with E-state index in [1.165, 1.54) is 12.0 Å². The molecule has 0 saturated carbocycles. The summed E-state index contributed by atoms with van der Waals surface area (Å²) < 4.78 is 14.8. The van der Waals surface area contributed by atoms with Crippen LogP contribution in [0.25, 0.3) is 0 Å². The van der Waals surface area contributed by atoms with E-state index < -0.39 is 12.1 Å². The van der Waals surface area contributed by atoms with Gasteiger partial charge < -0.3 is 14.2 Å². The lowest BCUT2D eigenvalue weighted by atomic mass is 10.1. The molecule has 0 radical (unpaired) electrons. The number of hydrogen-bond donors (Lipinski definition) is 0. The van der Waals surface area contributed by atoms with Gasteiger partial charge in [-0.1, -0.05) is 12.1 Å². The molecule has 0 aliphatic carbocycles. The molecular weight excluding hydrogens is 394 g/mol. The maximum absolute atomic E-state index is 12.4. The topological polar surface area (TPSA) is 82.1 Å². The number of nitrogens with zero attached hydrogens (tertiary/aromatic N) is 1. The molecule has 0 unspecified atom stereocenters. The molecule has 0 N–H and O–H groups in total. The number of hydrogen-bond acceptors (Lipinski definition) is 6. The summed E-state index contributed by atoms with van der Waals surface area (Å²) >= 11 is 3.01. The third-order valence-corrected chi connectivity index (χ3v) is 3.36. The third-order valence-electron chi connectivity index (χ3n) is 3.14. The Balaban J connectivity index is 3.01. The van der Waals surface area contributed by atoms with Crippen molar-refractivity contribution >= 4 is 39.6 Å². The van der Waals surface area contributed by atoms with Crippen LogP contribution in [0, 0.1) is 0 Å². The van der Waals surface area contributed by atoms with Gasteiger partial charge in [-0.3, -0.25) is 9.69 Å². The number of para-hydroxylation sites is 1. The van der Waals surface area contributed by atoms with Gasteiger partial charge in [0.15, 0.2) is 0 Å². The zero-order valence-corrected chi connectivity index (χ0v) is 16.1. The highest BCUT2D eigenvalue weighted by Crippen LogP contribution is 2.23. The Hall–Kier alpha value is -2.09. The largest absolute Gasteiger partial charge is 0.465 e. The van der Waals surface area contributed by atoms with Crippen LogP contribution in [-0.2, 0) is 19.0 Å². The van der Waals surface area contributed by atoms with Crippen LogP contribution in [-0.4, -0.2) is 43.3 Å². The van der Waals surface area contributed by atoms with Crippen LogP contribution in [0.1, 0.15) is 37.0 Å². The fourth-order valence-corrected chi connectivity index (χ4v) is 2.34. The number of carbonyl (C=O) groups excluding carboxylic acids is 3. The molecule has 1 aromatic rings. The van der Waals surface area contributed by atoms with E-state index >= 15 is 0 Å². The first-order valence-electron chi connectivity index (χ1n) is 7.77. The lowest BCUT2D eigenvalue weighted by Crippen LogP contribution is -2.35. The average molecular weight is 416 g/mol. The summed E-state index contributed by atoms with van der Waals surface area (Å²) in [4.78, 5) is 37.2. The Morgan fingerprint density at radius 3 is 2.48 bits per heavy atom. The van der Waals surface area contributed by atoms with Crippen molar-refractivity contribution in [1.29, 1.82) is 0 Å². The maximum atomic E-state index is 12.4. The summed E-state index contributed by atoms with van der Waals surface area (Å²) in [7, 11) is 1.27. The van der Waals surface area contributed by atoms with Gasteiger partial charge in [-0.2, -0.15) is 0 Å². The van der Waals surface area contributed by atoms with Gasteiger partial charge in [0.1, 0.15) is 5.52 Å². The molecule has 0 aliphatic heterocycles. The van der Waals surface area contributed by atoms with Gasteiger partial charge >= 0.3 is 18.0 Å². The predicted octanol–water partition coefficient (Wildman–Crippen LogP) is 3.50. The molecule has 0 heterocycles. The first kappa shape index (κ1) is 21.0. The van der Waals surface area contributed by atoms with Crippen molar-refractivity contribution in [2.45, 2.75) is 32.8 Å². The fraction of sp³-hybridized carbons (Fsp3) is 0.471. The van der Waals surface area contributed by atoms with Crippen molar-refractivity contribution in [3.63, 3.8) is 0 Å². The molecule has 138 valence electrons. The summed E-state index contributed by atoms with van der Waals surface area (Å²) in [6.07, 6.45) is -0.426.